The molecule has 0 atom stereocenters. The quantitative estimate of drug-likeness (QED) is 0.526. The van der Waals surface area contributed by atoms with Crippen molar-refractivity contribution in [1.82, 2.24) is 0 Å². The lowest BCUT2D eigenvalue weighted by Gasteiger charge is -1.99. The second kappa shape index (κ2) is 8.04. The maximum absolute atomic E-state index is 2.28. The average molecular weight is 300 g/mol. The third kappa shape index (κ3) is 5.43. The molecule has 0 amide bonds. The molecule has 1 heteroatoms. The number of rotatable bonds is 6. The number of aryl methyl sites for hydroxylation is 1. The summed E-state index contributed by atoms with van der Waals surface area (Å²) < 4.78 is 2.11. The molecule has 0 heterocycles. The third-order valence-electron chi connectivity index (χ3n) is 2.27. The molecular formula is C13H17I. The van der Waals surface area contributed by atoms with E-state index in [9.17, 15) is 0 Å². The van der Waals surface area contributed by atoms with E-state index in [0.29, 0.717) is 0 Å². The molecule has 0 aliphatic heterocycles. The van der Waals surface area contributed by atoms with Gasteiger partial charge in [-0.3, -0.25) is 0 Å². The molecule has 0 bridgehead atoms. The zero-order chi connectivity index (χ0) is 10.1. The summed E-state index contributed by atoms with van der Waals surface area (Å²) in [5.74, 6) is 0. The van der Waals surface area contributed by atoms with Crippen molar-refractivity contribution in [2.24, 2.45) is 0 Å². The second-order valence-electron chi connectivity index (χ2n) is 3.45. The molecule has 0 nitrogen and oxygen atoms in total. The predicted molar refractivity (Wildman–Crippen MR) is 71.8 cm³/mol. The highest BCUT2D eigenvalue weighted by atomic mass is 127. The van der Waals surface area contributed by atoms with Gasteiger partial charge in [0.05, 0.1) is 0 Å². The van der Waals surface area contributed by atoms with Crippen LogP contribution >= 0.6 is 22.6 Å². The van der Waals surface area contributed by atoms with Gasteiger partial charge in [-0.1, -0.05) is 65.4 Å². The Morgan fingerprint density at radius 2 is 1.79 bits per heavy atom. The van der Waals surface area contributed by atoms with E-state index in [1.807, 2.05) is 0 Å². The molecule has 0 aromatic heterocycles. The first-order chi connectivity index (χ1) is 6.93. The van der Waals surface area contributed by atoms with Gasteiger partial charge in [-0.25, -0.2) is 0 Å². The first kappa shape index (κ1) is 11.8. The van der Waals surface area contributed by atoms with Crippen LogP contribution in [0.5, 0.6) is 0 Å². The molecule has 0 fully saturated rings. The zero-order valence-electron chi connectivity index (χ0n) is 8.45. The highest BCUT2D eigenvalue weighted by Crippen LogP contribution is 2.08. The van der Waals surface area contributed by atoms with Crippen LogP contribution in [0.25, 0.3) is 0 Å². The first-order valence-electron chi connectivity index (χ1n) is 5.22. The van der Waals surface area contributed by atoms with Crippen molar-refractivity contribution in [3.8, 4) is 0 Å². The van der Waals surface area contributed by atoms with Gasteiger partial charge in [0.25, 0.3) is 0 Å². The third-order valence-corrected chi connectivity index (χ3v) is 2.78. The van der Waals surface area contributed by atoms with E-state index in [1.165, 1.54) is 37.7 Å². The van der Waals surface area contributed by atoms with Gasteiger partial charge in [-0.2, -0.15) is 0 Å². The molecule has 0 saturated heterocycles. The van der Waals surface area contributed by atoms with Crippen molar-refractivity contribution in [2.45, 2.75) is 32.1 Å². The summed E-state index contributed by atoms with van der Waals surface area (Å²) in [5, 5.41) is 0. The van der Waals surface area contributed by atoms with Crippen LogP contribution in [0.15, 0.2) is 40.5 Å². The number of hydrogen-bond acceptors (Lipinski definition) is 0. The summed E-state index contributed by atoms with van der Waals surface area (Å²) in [6.45, 7) is 0. The summed E-state index contributed by atoms with van der Waals surface area (Å²) in [6.07, 6.45) is 8.69. The van der Waals surface area contributed by atoms with Gasteiger partial charge in [0.1, 0.15) is 0 Å². The average Bonchev–Trinajstić information content (AvgIpc) is 2.25. The van der Waals surface area contributed by atoms with Crippen LogP contribution in [0.2, 0.25) is 0 Å². The Morgan fingerprint density at radius 1 is 1.00 bits per heavy atom. The Balaban J connectivity index is 2.05. The van der Waals surface area contributed by atoms with Crippen LogP contribution in [-0.2, 0) is 6.42 Å². The molecule has 0 aliphatic rings. The Bertz CT molecular complexity index is 251. The molecule has 1 aromatic rings. The predicted octanol–water partition coefficient (Wildman–Crippen LogP) is 4.74. The second-order valence-corrected chi connectivity index (χ2v) is 4.17. The highest BCUT2D eigenvalue weighted by molar-refractivity contribution is 14.1. The van der Waals surface area contributed by atoms with Gasteiger partial charge >= 0.3 is 0 Å². The summed E-state index contributed by atoms with van der Waals surface area (Å²) in [7, 11) is 0. The molecule has 1 aromatic carbocycles. The Morgan fingerprint density at radius 3 is 2.50 bits per heavy atom. The largest absolute Gasteiger partial charge is 0.0785 e. The molecular weight excluding hydrogens is 283 g/mol. The van der Waals surface area contributed by atoms with E-state index in [1.54, 1.807) is 0 Å². The maximum Gasteiger partial charge on any atom is -0.0274 e. The van der Waals surface area contributed by atoms with Gasteiger partial charge in [0.2, 0.25) is 0 Å². The minimum absolute atomic E-state index is 1.23. The Labute approximate surface area is 101 Å². The summed E-state index contributed by atoms with van der Waals surface area (Å²) in [6, 6.07) is 10.7. The number of unbranched alkanes of at least 4 members (excludes halogenated alkanes) is 3. The fourth-order valence-electron chi connectivity index (χ4n) is 1.48. The Kier molecular flexibility index (Phi) is 6.75. The van der Waals surface area contributed by atoms with Crippen molar-refractivity contribution in [2.75, 3.05) is 0 Å². The normalized spacial score (nSPS) is 10.9. The van der Waals surface area contributed by atoms with Gasteiger partial charge < -0.3 is 0 Å². The number of allylic oxidation sites excluding steroid dienone is 1. The van der Waals surface area contributed by atoms with Gasteiger partial charge in [0.15, 0.2) is 0 Å². The molecule has 0 N–H and O–H groups in total. The van der Waals surface area contributed by atoms with Crippen LogP contribution in [0.4, 0.5) is 0 Å². The van der Waals surface area contributed by atoms with Gasteiger partial charge in [-0.15, -0.1) is 0 Å². The maximum atomic E-state index is 2.28. The molecule has 0 aliphatic carbocycles. The molecule has 14 heavy (non-hydrogen) atoms. The first-order valence-corrected chi connectivity index (χ1v) is 6.47. The van der Waals surface area contributed by atoms with Crippen molar-refractivity contribution < 1.29 is 0 Å². The van der Waals surface area contributed by atoms with Crippen molar-refractivity contribution in [1.29, 1.82) is 0 Å². The number of benzene rings is 1. The van der Waals surface area contributed by atoms with Crippen LogP contribution in [0.3, 0.4) is 0 Å². The number of hydrogen-bond donors (Lipinski definition) is 0. The highest BCUT2D eigenvalue weighted by Gasteiger charge is 1.91. The van der Waals surface area contributed by atoms with E-state index >= 15 is 0 Å². The minimum atomic E-state index is 1.23. The summed E-state index contributed by atoms with van der Waals surface area (Å²) in [5.41, 5.74) is 1.47. The van der Waals surface area contributed by atoms with E-state index in [4.69, 9.17) is 0 Å². The van der Waals surface area contributed by atoms with Crippen molar-refractivity contribution >= 4 is 22.6 Å². The van der Waals surface area contributed by atoms with Crippen LogP contribution in [0, 0.1) is 0 Å². The van der Waals surface area contributed by atoms with Crippen molar-refractivity contribution in [3.63, 3.8) is 0 Å². The summed E-state index contributed by atoms with van der Waals surface area (Å²) >= 11 is 2.28. The minimum Gasteiger partial charge on any atom is -0.0785 e. The standard InChI is InChI=1S/C13H17I/c14-12-8-3-1-2-5-9-13-10-6-4-7-11-13/h4,6-8,10-12H,1-3,5,9H2/b12-8+. The SMILES string of the molecule is I/C=C/CCCCCc1ccccc1. The van der Waals surface area contributed by atoms with E-state index in [0.717, 1.165) is 0 Å². The number of halogens is 1. The molecule has 0 unspecified atom stereocenters. The lowest BCUT2D eigenvalue weighted by molar-refractivity contribution is 0.687. The van der Waals surface area contributed by atoms with Crippen molar-refractivity contribution in [3.05, 3.63) is 46.1 Å². The molecule has 76 valence electrons. The van der Waals surface area contributed by atoms with Crippen LogP contribution < -0.4 is 0 Å². The zero-order valence-corrected chi connectivity index (χ0v) is 10.6. The van der Waals surface area contributed by atoms with E-state index < -0.39 is 0 Å². The molecule has 0 radical (unpaired) electrons. The Hall–Kier alpha value is -0.310. The topological polar surface area (TPSA) is 0 Å². The lowest BCUT2D eigenvalue weighted by Crippen LogP contribution is -1.84. The van der Waals surface area contributed by atoms with Gasteiger partial charge in [-0.05, 0) is 35.3 Å². The lowest BCUT2D eigenvalue weighted by atomic mass is 10.1. The van der Waals surface area contributed by atoms with Crippen LogP contribution in [-0.4, -0.2) is 0 Å². The fraction of sp³-hybridized carbons (Fsp3) is 0.385. The fourth-order valence-corrected chi connectivity index (χ4v) is 1.84. The monoisotopic (exact) mass is 300 g/mol. The van der Waals surface area contributed by atoms with Gasteiger partial charge in [0, 0.05) is 0 Å². The molecule has 0 spiro atoms. The van der Waals surface area contributed by atoms with E-state index in [2.05, 4.69) is 63.1 Å². The molecule has 1 rings (SSSR count). The smallest absolute Gasteiger partial charge is 0.0274 e. The van der Waals surface area contributed by atoms with Crippen LogP contribution in [0.1, 0.15) is 31.2 Å². The van der Waals surface area contributed by atoms with E-state index in [-0.39, 0.29) is 0 Å². The summed E-state index contributed by atoms with van der Waals surface area (Å²) in [4.78, 5) is 0. The molecule has 0 saturated carbocycles.